The Morgan fingerprint density at radius 1 is 1.03 bits per heavy atom. The predicted molar refractivity (Wildman–Crippen MR) is 122 cm³/mol. The maximum atomic E-state index is 13.3. The number of hydrogen-bond donors (Lipinski definition) is 1. The number of benzene rings is 1. The number of rotatable bonds is 7. The van der Waals surface area contributed by atoms with Gasteiger partial charge >= 0.3 is 0 Å². The van der Waals surface area contributed by atoms with E-state index in [-0.39, 0.29) is 18.4 Å². The molecule has 0 spiro atoms. The monoisotopic (exact) mass is 452 g/mol. The van der Waals surface area contributed by atoms with Crippen LogP contribution in [0.2, 0.25) is 0 Å². The highest BCUT2D eigenvalue weighted by Crippen LogP contribution is 2.19. The van der Waals surface area contributed by atoms with E-state index in [1.165, 1.54) is 6.07 Å². The van der Waals surface area contributed by atoms with Crippen molar-refractivity contribution in [3.05, 3.63) is 77.9 Å². The highest BCUT2D eigenvalue weighted by molar-refractivity contribution is 5.76. The van der Waals surface area contributed by atoms with Crippen LogP contribution < -0.4 is 15.1 Å². The molecule has 3 aromatic rings. The first kappa shape index (κ1) is 22.6. The molecule has 1 N–H and O–H groups in total. The van der Waals surface area contributed by atoms with Gasteiger partial charge in [0.25, 0.3) is 0 Å². The third-order valence-corrected chi connectivity index (χ3v) is 5.66. The number of anilines is 2. The Morgan fingerprint density at radius 2 is 1.79 bits per heavy atom. The number of aryl methyl sites for hydroxylation is 1. The van der Waals surface area contributed by atoms with E-state index in [1.807, 2.05) is 25.1 Å². The van der Waals surface area contributed by atoms with E-state index in [9.17, 15) is 13.6 Å². The minimum atomic E-state index is -0.908. The van der Waals surface area contributed by atoms with E-state index in [2.05, 4.69) is 25.1 Å². The van der Waals surface area contributed by atoms with Crippen LogP contribution in [-0.4, -0.2) is 47.0 Å². The zero-order chi connectivity index (χ0) is 23.2. The highest BCUT2D eigenvalue weighted by atomic mass is 19.2. The van der Waals surface area contributed by atoms with E-state index >= 15 is 0 Å². The Balaban J connectivity index is 1.30. The van der Waals surface area contributed by atoms with Crippen molar-refractivity contribution in [3.63, 3.8) is 0 Å². The first-order valence-electron chi connectivity index (χ1n) is 11.0. The lowest BCUT2D eigenvalue weighted by Crippen LogP contribution is -2.47. The molecule has 1 aromatic carbocycles. The van der Waals surface area contributed by atoms with Gasteiger partial charge in [-0.05, 0) is 43.2 Å². The van der Waals surface area contributed by atoms with Crippen molar-refractivity contribution in [2.24, 2.45) is 0 Å². The van der Waals surface area contributed by atoms with E-state index in [0.29, 0.717) is 17.7 Å². The SMILES string of the molecule is CC(NC(=O)CCc1ccc(F)c(F)c1)c1cncc(N2CCN(c3ccccn3)CC2)n1. The summed E-state index contributed by atoms with van der Waals surface area (Å²) in [5.41, 5.74) is 1.24. The average molecular weight is 453 g/mol. The van der Waals surface area contributed by atoms with Crippen LogP contribution in [0.5, 0.6) is 0 Å². The van der Waals surface area contributed by atoms with Crippen LogP contribution in [0.4, 0.5) is 20.4 Å². The molecule has 172 valence electrons. The van der Waals surface area contributed by atoms with Crippen molar-refractivity contribution in [1.82, 2.24) is 20.3 Å². The molecule has 0 bridgehead atoms. The second kappa shape index (κ2) is 10.3. The third-order valence-electron chi connectivity index (χ3n) is 5.66. The number of amides is 1. The molecule has 1 aliphatic heterocycles. The molecule has 4 rings (SSSR count). The van der Waals surface area contributed by atoms with Crippen molar-refractivity contribution in [2.75, 3.05) is 36.0 Å². The Labute approximate surface area is 191 Å². The van der Waals surface area contributed by atoms with Gasteiger partial charge in [0.05, 0.1) is 24.1 Å². The summed E-state index contributed by atoms with van der Waals surface area (Å²) in [6.45, 7) is 5.11. The lowest BCUT2D eigenvalue weighted by Gasteiger charge is -2.36. The molecule has 7 nitrogen and oxygen atoms in total. The Hall–Kier alpha value is -3.62. The van der Waals surface area contributed by atoms with Crippen molar-refractivity contribution in [1.29, 1.82) is 0 Å². The Kier molecular flexibility index (Phi) is 7.07. The van der Waals surface area contributed by atoms with Gasteiger partial charge in [-0.2, -0.15) is 0 Å². The summed E-state index contributed by atoms with van der Waals surface area (Å²) in [6, 6.07) is 9.24. The van der Waals surface area contributed by atoms with E-state index in [4.69, 9.17) is 4.98 Å². The normalized spacial score (nSPS) is 14.8. The van der Waals surface area contributed by atoms with Crippen LogP contribution >= 0.6 is 0 Å². The molecule has 0 aliphatic carbocycles. The molecular formula is C24H26F2N6O. The standard InChI is InChI=1S/C24H26F2N6O/c1-17(29-24(33)8-6-18-5-7-19(25)20(26)14-18)21-15-27-16-23(30-21)32-12-10-31(11-13-32)22-4-2-3-9-28-22/h2-5,7,9,14-17H,6,8,10-13H2,1H3,(H,29,33). The van der Waals surface area contributed by atoms with Gasteiger partial charge in [0.2, 0.25) is 5.91 Å². The second-order valence-corrected chi connectivity index (χ2v) is 8.00. The first-order valence-corrected chi connectivity index (χ1v) is 11.0. The van der Waals surface area contributed by atoms with E-state index < -0.39 is 11.6 Å². The van der Waals surface area contributed by atoms with Crippen molar-refractivity contribution in [3.8, 4) is 0 Å². The van der Waals surface area contributed by atoms with E-state index in [1.54, 1.807) is 18.6 Å². The Morgan fingerprint density at radius 3 is 2.48 bits per heavy atom. The number of piperazine rings is 1. The maximum absolute atomic E-state index is 13.3. The first-order chi connectivity index (χ1) is 16.0. The van der Waals surface area contributed by atoms with Crippen LogP contribution in [-0.2, 0) is 11.2 Å². The topological polar surface area (TPSA) is 74.2 Å². The summed E-state index contributed by atoms with van der Waals surface area (Å²) in [6.07, 6.45) is 5.66. The zero-order valence-corrected chi connectivity index (χ0v) is 18.4. The fourth-order valence-electron chi connectivity index (χ4n) is 3.78. The lowest BCUT2D eigenvalue weighted by molar-refractivity contribution is -0.121. The number of hydrogen-bond acceptors (Lipinski definition) is 6. The predicted octanol–water partition coefficient (Wildman–Crippen LogP) is 3.29. The van der Waals surface area contributed by atoms with Gasteiger partial charge in [0.15, 0.2) is 11.6 Å². The molecule has 1 fully saturated rings. The lowest BCUT2D eigenvalue weighted by atomic mass is 10.1. The number of aromatic nitrogens is 3. The number of pyridine rings is 1. The number of nitrogens with one attached hydrogen (secondary N) is 1. The van der Waals surface area contributed by atoms with Crippen molar-refractivity contribution >= 4 is 17.5 Å². The summed E-state index contributed by atoms with van der Waals surface area (Å²) in [5.74, 6) is -0.251. The van der Waals surface area contributed by atoms with Gasteiger partial charge in [-0.3, -0.25) is 9.78 Å². The minimum absolute atomic E-state index is 0.165. The summed E-state index contributed by atoms with van der Waals surface area (Å²) in [7, 11) is 0. The second-order valence-electron chi connectivity index (χ2n) is 8.00. The van der Waals surface area contributed by atoms with Gasteiger partial charge < -0.3 is 15.1 Å². The molecule has 1 amide bonds. The highest BCUT2D eigenvalue weighted by Gasteiger charge is 2.20. The largest absolute Gasteiger partial charge is 0.353 e. The number of halogens is 2. The summed E-state index contributed by atoms with van der Waals surface area (Å²) < 4.78 is 26.4. The van der Waals surface area contributed by atoms with Gasteiger partial charge in [-0.25, -0.2) is 18.7 Å². The quantitative estimate of drug-likeness (QED) is 0.593. The van der Waals surface area contributed by atoms with Crippen molar-refractivity contribution in [2.45, 2.75) is 25.8 Å². The molecule has 1 atom stereocenters. The van der Waals surface area contributed by atoms with Crippen LogP contribution in [0.3, 0.4) is 0 Å². The summed E-state index contributed by atoms with van der Waals surface area (Å²) in [5, 5.41) is 2.91. The number of nitrogens with zero attached hydrogens (tertiary/aromatic N) is 5. The molecule has 33 heavy (non-hydrogen) atoms. The van der Waals surface area contributed by atoms with Gasteiger partial charge in [0, 0.05) is 38.8 Å². The maximum Gasteiger partial charge on any atom is 0.220 e. The summed E-state index contributed by atoms with van der Waals surface area (Å²) >= 11 is 0. The smallest absolute Gasteiger partial charge is 0.220 e. The molecule has 2 aromatic heterocycles. The molecule has 0 radical (unpaired) electrons. The number of carbonyl (C=O) groups excluding carboxylic acids is 1. The van der Waals surface area contributed by atoms with E-state index in [0.717, 1.165) is 49.9 Å². The minimum Gasteiger partial charge on any atom is -0.353 e. The Bertz CT molecular complexity index is 1090. The fourth-order valence-corrected chi connectivity index (χ4v) is 3.78. The van der Waals surface area contributed by atoms with Gasteiger partial charge in [-0.15, -0.1) is 0 Å². The number of carbonyl (C=O) groups is 1. The van der Waals surface area contributed by atoms with Crippen LogP contribution in [0, 0.1) is 11.6 Å². The van der Waals surface area contributed by atoms with Crippen LogP contribution in [0.25, 0.3) is 0 Å². The van der Waals surface area contributed by atoms with Crippen molar-refractivity contribution < 1.29 is 13.6 Å². The molecule has 9 heteroatoms. The molecule has 1 unspecified atom stereocenters. The zero-order valence-electron chi connectivity index (χ0n) is 18.4. The van der Waals surface area contributed by atoms with Gasteiger partial charge in [0.1, 0.15) is 11.6 Å². The molecule has 3 heterocycles. The summed E-state index contributed by atoms with van der Waals surface area (Å²) in [4.78, 5) is 30.2. The fraction of sp³-hybridized carbons (Fsp3) is 0.333. The third kappa shape index (κ3) is 5.79. The molecule has 0 saturated carbocycles. The molecular weight excluding hydrogens is 426 g/mol. The molecule has 1 saturated heterocycles. The van der Waals surface area contributed by atoms with Crippen LogP contribution in [0.15, 0.2) is 55.0 Å². The molecule has 1 aliphatic rings. The van der Waals surface area contributed by atoms with Crippen LogP contribution in [0.1, 0.15) is 30.6 Å². The average Bonchev–Trinajstić information content (AvgIpc) is 2.85. The van der Waals surface area contributed by atoms with Gasteiger partial charge in [-0.1, -0.05) is 12.1 Å².